The van der Waals surface area contributed by atoms with E-state index in [9.17, 15) is 4.79 Å². The number of aryl methyl sites for hydroxylation is 1. The van der Waals surface area contributed by atoms with Gasteiger partial charge in [-0.05, 0) is 33.1 Å². The van der Waals surface area contributed by atoms with Gasteiger partial charge in [0.15, 0.2) is 0 Å². The highest BCUT2D eigenvalue weighted by Gasteiger charge is 2.14. The van der Waals surface area contributed by atoms with Crippen LogP contribution in [0.3, 0.4) is 0 Å². The van der Waals surface area contributed by atoms with Crippen molar-refractivity contribution in [3.05, 3.63) is 41.7 Å². The highest BCUT2D eigenvalue weighted by Crippen LogP contribution is 2.25. The Bertz CT molecular complexity index is 656. The number of nitrogens with one attached hydrogen (secondary N) is 1. The topological polar surface area (TPSA) is 64.4 Å². The third-order valence-corrected chi connectivity index (χ3v) is 4.16. The number of carbonyl (C=O) groups is 1. The highest BCUT2D eigenvalue weighted by atomic mass is 32.1. The Labute approximate surface area is 154 Å². The maximum atomic E-state index is 11.4. The van der Waals surface area contributed by atoms with Crippen molar-refractivity contribution >= 4 is 18.5 Å². The summed E-state index contributed by atoms with van der Waals surface area (Å²) in [6.07, 6.45) is 2.91. The molecule has 2 aromatic rings. The van der Waals surface area contributed by atoms with Crippen LogP contribution in [-0.2, 0) is 16.1 Å². The van der Waals surface area contributed by atoms with Crippen molar-refractivity contribution in [1.82, 2.24) is 10.5 Å². The normalized spacial score (nSPS) is 12.1. The van der Waals surface area contributed by atoms with E-state index < -0.39 is 0 Å². The third-order valence-electron chi connectivity index (χ3n) is 3.92. The van der Waals surface area contributed by atoms with Crippen LogP contribution in [0.2, 0.25) is 0 Å². The van der Waals surface area contributed by atoms with Crippen molar-refractivity contribution in [3.63, 3.8) is 0 Å². The lowest BCUT2D eigenvalue weighted by molar-refractivity contribution is -0.120. The van der Waals surface area contributed by atoms with E-state index in [2.05, 4.69) is 23.1 Å². The Balaban J connectivity index is 1.68. The molecule has 2 rings (SSSR count). The molecule has 0 spiro atoms. The van der Waals surface area contributed by atoms with Gasteiger partial charge in [-0.15, -0.1) is 0 Å². The molecule has 0 bridgehead atoms. The molecule has 1 aromatic heterocycles. The molecule has 0 aliphatic rings. The molecule has 1 heterocycles. The van der Waals surface area contributed by atoms with Crippen LogP contribution in [0.25, 0.3) is 11.3 Å². The van der Waals surface area contributed by atoms with E-state index in [1.165, 1.54) is 0 Å². The van der Waals surface area contributed by atoms with Gasteiger partial charge in [-0.1, -0.05) is 35.5 Å². The number of thiol groups is 1. The lowest BCUT2D eigenvalue weighted by atomic mass is 10.1. The molecule has 5 nitrogen and oxygen atoms in total. The summed E-state index contributed by atoms with van der Waals surface area (Å²) in [7, 11) is 0. The fraction of sp³-hybridized carbons (Fsp3) is 0.474. The fourth-order valence-electron chi connectivity index (χ4n) is 2.42. The molecule has 1 amide bonds. The number of carbonyl (C=O) groups excluding carboxylic acids is 1. The monoisotopic (exact) mass is 362 g/mol. The number of unbranched alkanes of at least 4 members (excludes halogenated alkanes) is 2. The number of aromatic nitrogens is 1. The molecule has 0 saturated carbocycles. The Morgan fingerprint density at radius 2 is 2.04 bits per heavy atom. The van der Waals surface area contributed by atoms with E-state index in [-0.39, 0.29) is 11.2 Å². The van der Waals surface area contributed by atoms with Crippen LogP contribution >= 0.6 is 12.6 Å². The van der Waals surface area contributed by atoms with Crippen molar-refractivity contribution in [3.8, 4) is 11.3 Å². The molecular formula is C19H26N2O3S. The minimum atomic E-state index is -0.256. The SMILES string of the molecule is Cc1onc(-c2ccccc2)c1COCCCCCNC(=O)[C@H](C)S. The number of hydrogen-bond donors (Lipinski definition) is 2. The van der Waals surface area contributed by atoms with Gasteiger partial charge < -0.3 is 14.6 Å². The van der Waals surface area contributed by atoms with E-state index in [1.807, 2.05) is 37.3 Å². The quantitative estimate of drug-likeness (QED) is 0.499. The van der Waals surface area contributed by atoms with E-state index >= 15 is 0 Å². The summed E-state index contributed by atoms with van der Waals surface area (Å²) in [5.74, 6) is 0.776. The molecule has 136 valence electrons. The van der Waals surface area contributed by atoms with E-state index in [0.717, 1.165) is 41.8 Å². The molecule has 25 heavy (non-hydrogen) atoms. The molecule has 0 aliphatic carbocycles. The second kappa shape index (κ2) is 10.3. The maximum Gasteiger partial charge on any atom is 0.232 e. The van der Waals surface area contributed by atoms with Gasteiger partial charge in [0.2, 0.25) is 5.91 Å². The Morgan fingerprint density at radius 3 is 2.76 bits per heavy atom. The third kappa shape index (κ3) is 6.21. The zero-order valence-electron chi connectivity index (χ0n) is 14.8. The number of nitrogens with zero attached hydrogens (tertiary/aromatic N) is 1. The second-order valence-corrected chi connectivity index (χ2v) is 6.79. The zero-order valence-corrected chi connectivity index (χ0v) is 15.7. The highest BCUT2D eigenvalue weighted by molar-refractivity contribution is 7.81. The largest absolute Gasteiger partial charge is 0.377 e. The van der Waals surface area contributed by atoms with Gasteiger partial charge in [0, 0.05) is 24.3 Å². The number of benzene rings is 1. The minimum absolute atomic E-state index is 0.0176. The zero-order chi connectivity index (χ0) is 18.1. The Hall–Kier alpha value is -1.79. The first-order valence-electron chi connectivity index (χ1n) is 8.63. The standard InChI is InChI=1S/C19H26N2O3S/c1-14-17(18(21-24-14)16-9-5-3-6-10-16)13-23-12-8-4-7-11-20-19(22)15(2)25/h3,5-6,9-10,15,25H,4,7-8,11-13H2,1-2H3,(H,20,22)/t15-/m0/s1. The molecule has 1 atom stereocenters. The Kier molecular flexibility index (Phi) is 8.01. The van der Waals surface area contributed by atoms with Gasteiger partial charge in [0.25, 0.3) is 0 Å². The second-order valence-electron chi connectivity index (χ2n) is 6.01. The van der Waals surface area contributed by atoms with Gasteiger partial charge in [-0.3, -0.25) is 4.79 Å². The average Bonchev–Trinajstić information content (AvgIpc) is 2.98. The van der Waals surface area contributed by atoms with E-state index in [4.69, 9.17) is 9.26 Å². The van der Waals surface area contributed by atoms with Crippen molar-refractivity contribution in [2.45, 2.75) is 45.0 Å². The molecule has 1 N–H and O–H groups in total. The van der Waals surface area contributed by atoms with Crippen molar-refractivity contribution in [2.75, 3.05) is 13.2 Å². The maximum absolute atomic E-state index is 11.4. The molecule has 0 aliphatic heterocycles. The van der Waals surface area contributed by atoms with Crippen LogP contribution in [0.15, 0.2) is 34.9 Å². The summed E-state index contributed by atoms with van der Waals surface area (Å²) in [6, 6.07) is 9.97. The van der Waals surface area contributed by atoms with Crippen LogP contribution < -0.4 is 5.32 Å². The average molecular weight is 362 g/mol. The van der Waals surface area contributed by atoms with E-state index in [1.54, 1.807) is 6.92 Å². The molecule has 6 heteroatoms. The number of amides is 1. The van der Waals surface area contributed by atoms with Crippen LogP contribution in [0.4, 0.5) is 0 Å². The van der Waals surface area contributed by atoms with Gasteiger partial charge in [0.05, 0.1) is 11.9 Å². The van der Waals surface area contributed by atoms with Crippen LogP contribution in [0, 0.1) is 6.92 Å². The van der Waals surface area contributed by atoms with Gasteiger partial charge in [-0.2, -0.15) is 12.6 Å². The Morgan fingerprint density at radius 1 is 1.28 bits per heavy atom. The first-order valence-corrected chi connectivity index (χ1v) is 9.15. The van der Waals surface area contributed by atoms with Crippen LogP contribution in [0.1, 0.15) is 37.5 Å². The van der Waals surface area contributed by atoms with Crippen molar-refractivity contribution in [1.29, 1.82) is 0 Å². The van der Waals surface area contributed by atoms with Gasteiger partial charge in [0.1, 0.15) is 11.5 Å². The lowest BCUT2D eigenvalue weighted by Crippen LogP contribution is -2.30. The van der Waals surface area contributed by atoms with Crippen molar-refractivity contribution < 1.29 is 14.1 Å². The summed E-state index contributed by atoms with van der Waals surface area (Å²) in [6.45, 7) is 5.53. The first kappa shape index (κ1) is 19.5. The summed E-state index contributed by atoms with van der Waals surface area (Å²) in [5.41, 5.74) is 2.88. The molecule has 0 radical (unpaired) electrons. The number of hydrogen-bond acceptors (Lipinski definition) is 5. The summed E-state index contributed by atoms with van der Waals surface area (Å²) < 4.78 is 11.1. The smallest absolute Gasteiger partial charge is 0.232 e. The molecular weight excluding hydrogens is 336 g/mol. The number of ether oxygens (including phenoxy) is 1. The molecule has 1 aromatic carbocycles. The van der Waals surface area contributed by atoms with E-state index in [0.29, 0.717) is 19.8 Å². The van der Waals surface area contributed by atoms with Gasteiger partial charge >= 0.3 is 0 Å². The molecule has 0 unspecified atom stereocenters. The number of rotatable bonds is 10. The molecule has 0 saturated heterocycles. The predicted molar refractivity (Wildman–Crippen MR) is 102 cm³/mol. The van der Waals surface area contributed by atoms with Crippen LogP contribution in [0.5, 0.6) is 0 Å². The van der Waals surface area contributed by atoms with Crippen LogP contribution in [-0.4, -0.2) is 29.5 Å². The lowest BCUT2D eigenvalue weighted by Gasteiger charge is -2.07. The van der Waals surface area contributed by atoms with Crippen molar-refractivity contribution in [2.24, 2.45) is 0 Å². The summed E-state index contributed by atoms with van der Waals surface area (Å²) >= 11 is 4.09. The first-order chi connectivity index (χ1) is 12.1. The summed E-state index contributed by atoms with van der Waals surface area (Å²) in [5, 5.41) is 6.75. The van der Waals surface area contributed by atoms with Gasteiger partial charge in [-0.25, -0.2) is 0 Å². The molecule has 0 fully saturated rings. The minimum Gasteiger partial charge on any atom is -0.377 e. The predicted octanol–water partition coefficient (Wildman–Crippen LogP) is 3.77. The fourth-order valence-corrected chi connectivity index (χ4v) is 2.51. The summed E-state index contributed by atoms with van der Waals surface area (Å²) in [4.78, 5) is 11.4.